The number of hydrogen-bond donors (Lipinski definition) is 0. The summed E-state index contributed by atoms with van der Waals surface area (Å²) in [7, 11) is 0. The summed E-state index contributed by atoms with van der Waals surface area (Å²) in [4.78, 5) is 17.4. The maximum absolute atomic E-state index is 13.2. The lowest BCUT2D eigenvalue weighted by atomic mass is 10.2. The Balaban J connectivity index is 1.53. The van der Waals surface area contributed by atoms with Crippen molar-refractivity contribution in [2.45, 2.75) is 6.54 Å². The van der Waals surface area contributed by atoms with Gasteiger partial charge in [0.25, 0.3) is 5.91 Å². The number of carbonyl (C=O) groups is 1. The van der Waals surface area contributed by atoms with Gasteiger partial charge in [-0.3, -0.25) is 9.69 Å². The van der Waals surface area contributed by atoms with Crippen LogP contribution in [0.2, 0.25) is 0 Å². The van der Waals surface area contributed by atoms with E-state index in [-0.39, 0.29) is 5.91 Å². The number of carbonyl (C=O) groups excluding carboxylic acids is 1. The fourth-order valence-corrected chi connectivity index (χ4v) is 3.20. The lowest BCUT2D eigenvalue weighted by molar-refractivity contribution is 0.0317. The van der Waals surface area contributed by atoms with Crippen molar-refractivity contribution in [2.75, 3.05) is 39.4 Å². The maximum Gasteiger partial charge on any atom is 0.258 e. The highest BCUT2D eigenvalue weighted by molar-refractivity contribution is 6.00. The van der Waals surface area contributed by atoms with Crippen LogP contribution in [-0.4, -0.2) is 64.7 Å². The van der Waals surface area contributed by atoms with E-state index in [0.717, 1.165) is 44.1 Å². The second-order valence-electron chi connectivity index (χ2n) is 6.35. The number of furan rings is 1. The van der Waals surface area contributed by atoms with Crippen LogP contribution in [0.4, 0.5) is 0 Å². The number of amides is 1. The molecule has 1 amide bonds. The number of aromatic nitrogens is 2. The Morgan fingerprint density at radius 3 is 2.88 bits per heavy atom. The first kappa shape index (κ1) is 16.8. The molecule has 0 bridgehead atoms. The molecule has 0 unspecified atom stereocenters. The summed E-state index contributed by atoms with van der Waals surface area (Å²) < 4.78 is 12.6. The van der Waals surface area contributed by atoms with Crippen molar-refractivity contribution in [1.82, 2.24) is 19.4 Å². The van der Waals surface area contributed by atoms with Gasteiger partial charge in [0.15, 0.2) is 0 Å². The summed E-state index contributed by atoms with van der Waals surface area (Å²) in [6.45, 7) is 5.19. The number of rotatable bonds is 6. The van der Waals surface area contributed by atoms with E-state index in [1.54, 1.807) is 17.0 Å². The molecule has 0 spiro atoms. The lowest BCUT2D eigenvalue weighted by Crippen LogP contribution is -2.42. The minimum Gasteiger partial charge on any atom is -0.467 e. The van der Waals surface area contributed by atoms with Crippen molar-refractivity contribution in [2.24, 2.45) is 0 Å². The molecule has 7 heteroatoms. The average Bonchev–Trinajstić information content (AvgIpc) is 3.35. The predicted molar refractivity (Wildman–Crippen MR) is 95.9 cm³/mol. The topological polar surface area (TPSA) is 63.2 Å². The molecule has 0 aliphatic carbocycles. The Labute approximate surface area is 151 Å². The SMILES string of the molecule is O=C(c1cnn2ccccc12)N(CCN1CCOCC1)Cc1ccco1. The van der Waals surface area contributed by atoms with Crippen molar-refractivity contribution in [3.8, 4) is 0 Å². The van der Waals surface area contributed by atoms with Gasteiger partial charge in [0.05, 0.1) is 43.3 Å². The normalized spacial score (nSPS) is 15.4. The number of hydrogen-bond acceptors (Lipinski definition) is 5. The van der Waals surface area contributed by atoms with E-state index in [4.69, 9.17) is 9.15 Å². The fourth-order valence-electron chi connectivity index (χ4n) is 3.20. The molecule has 26 heavy (non-hydrogen) atoms. The first-order valence-electron chi connectivity index (χ1n) is 8.85. The van der Waals surface area contributed by atoms with Gasteiger partial charge in [-0.1, -0.05) is 6.07 Å². The van der Waals surface area contributed by atoms with Gasteiger partial charge in [0.1, 0.15) is 5.76 Å². The van der Waals surface area contributed by atoms with Gasteiger partial charge in [-0.25, -0.2) is 4.52 Å². The standard InChI is InChI=1S/C19H22N4O3/c24-19(17-14-20-23-6-2-1-5-18(17)23)22(15-16-4-3-11-26-16)8-7-21-9-12-25-13-10-21/h1-6,11,14H,7-10,12-13,15H2. The average molecular weight is 354 g/mol. The van der Waals surface area contributed by atoms with Gasteiger partial charge >= 0.3 is 0 Å². The van der Waals surface area contributed by atoms with Crippen molar-refractivity contribution >= 4 is 11.4 Å². The Morgan fingerprint density at radius 1 is 1.19 bits per heavy atom. The second-order valence-corrected chi connectivity index (χ2v) is 6.35. The number of morpholine rings is 1. The molecule has 4 heterocycles. The Kier molecular flexibility index (Phi) is 4.99. The molecule has 1 aliphatic rings. The van der Waals surface area contributed by atoms with E-state index in [1.807, 2.05) is 41.4 Å². The van der Waals surface area contributed by atoms with Crippen LogP contribution in [-0.2, 0) is 11.3 Å². The Hall–Kier alpha value is -2.64. The lowest BCUT2D eigenvalue weighted by Gasteiger charge is -2.29. The molecule has 1 saturated heterocycles. The van der Waals surface area contributed by atoms with Crippen molar-refractivity contribution in [3.63, 3.8) is 0 Å². The number of fused-ring (bicyclic) bond motifs is 1. The first-order valence-corrected chi connectivity index (χ1v) is 8.85. The van der Waals surface area contributed by atoms with E-state index in [1.165, 1.54) is 0 Å². The minimum atomic E-state index is -0.0316. The molecule has 0 radical (unpaired) electrons. The zero-order chi connectivity index (χ0) is 17.8. The van der Waals surface area contributed by atoms with Crippen molar-refractivity contribution < 1.29 is 13.9 Å². The fraction of sp³-hybridized carbons (Fsp3) is 0.368. The monoisotopic (exact) mass is 354 g/mol. The summed E-state index contributed by atoms with van der Waals surface area (Å²) >= 11 is 0. The van der Waals surface area contributed by atoms with Gasteiger partial charge < -0.3 is 14.1 Å². The van der Waals surface area contributed by atoms with Gasteiger partial charge in [-0.15, -0.1) is 0 Å². The van der Waals surface area contributed by atoms with Crippen LogP contribution in [0.1, 0.15) is 16.1 Å². The van der Waals surface area contributed by atoms with E-state index in [0.29, 0.717) is 18.7 Å². The minimum absolute atomic E-state index is 0.0316. The predicted octanol–water partition coefficient (Wildman–Crippen LogP) is 1.90. The van der Waals surface area contributed by atoms with Crippen LogP contribution >= 0.6 is 0 Å². The molecule has 0 atom stereocenters. The van der Waals surface area contributed by atoms with Crippen LogP contribution in [0.15, 0.2) is 53.4 Å². The van der Waals surface area contributed by atoms with E-state index in [9.17, 15) is 4.79 Å². The highest BCUT2D eigenvalue weighted by Gasteiger charge is 2.22. The molecule has 3 aromatic rings. The number of pyridine rings is 1. The van der Waals surface area contributed by atoms with Crippen LogP contribution in [0.25, 0.3) is 5.52 Å². The molecule has 0 aromatic carbocycles. The summed E-state index contributed by atoms with van der Waals surface area (Å²) in [6, 6.07) is 9.46. The molecular weight excluding hydrogens is 332 g/mol. The third kappa shape index (κ3) is 3.63. The largest absolute Gasteiger partial charge is 0.467 e. The van der Waals surface area contributed by atoms with E-state index < -0.39 is 0 Å². The molecule has 1 fully saturated rings. The van der Waals surface area contributed by atoms with Crippen LogP contribution in [0, 0.1) is 0 Å². The zero-order valence-electron chi connectivity index (χ0n) is 14.6. The summed E-state index contributed by atoms with van der Waals surface area (Å²) in [6.07, 6.45) is 5.12. The molecule has 3 aromatic heterocycles. The summed E-state index contributed by atoms with van der Waals surface area (Å²) in [5.41, 5.74) is 1.42. The second kappa shape index (κ2) is 7.72. The molecule has 4 rings (SSSR count). The van der Waals surface area contributed by atoms with Crippen LogP contribution in [0.5, 0.6) is 0 Å². The summed E-state index contributed by atoms with van der Waals surface area (Å²) in [5, 5.41) is 4.29. The molecule has 0 saturated carbocycles. The molecule has 7 nitrogen and oxygen atoms in total. The molecule has 0 N–H and O–H groups in total. The van der Waals surface area contributed by atoms with E-state index >= 15 is 0 Å². The molecular formula is C19H22N4O3. The summed E-state index contributed by atoms with van der Waals surface area (Å²) in [5.74, 6) is 0.743. The maximum atomic E-state index is 13.2. The van der Waals surface area contributed by atoms with Gasteiger partial charge in [-0.2, -0.15) is 5.10 Å². The first-order chi connectivity index (χ1) is 12.8. The van der Waals surface area contributed by atoms with Gasteiger partial charge in [-0.05, 0) is 24.3 Å². The third-order valence-electron chi connectivity index (χ3n) is 4.66. The van der Waals surface area contributed by atoms with Gasteiger partial charge in [0, 0.05) is 32.4 Å². The number of nitrogens with zero attached hydrogens (tertiary/aromatic N) is 4. The molecule has 136 valence electrons. The third-order valence-corrected chi connectivity index (χ3v) is 4.66. The smallest absolute Gasteiger partial charge is 0.258 e. The quantitative estimate of drug-likeness (QED) is 0.677. The van der Waals surface area contributed by atoms with Crippen LogP contribution < -0.4 is 0 Å². The number of ether oxygens (including phenoxy) is 1. The Bertz CT molecular complexity index is 853. The highest BCUT2D eigenvalue weighted by atomic mass is 16.5. The van der Waals surface area contributed by atoms with Crippen molar-refractivity contribution in [3.05, 3.63) is 60.3 Å². The Morgan fingerprint density at radius 2 is 2.08 bits per heavy atom. The molecule has 1 aliphatic heterocycles. The van der Waals surface area contributed by atoms with Crippen molar-refractivity contribution in [1.29, 1.82) is 0 Å². The van der Waals surface area contributed by atoms with Crippen LogP contribution in [0.3, 0.4) is 0 Å². The highest BCUT2D eigenvalue weighted by Crippen LogP contribution is 2.15. The van der Waals surface area contributed by atoms with E-state index in [2.05, 4.69) is 10.00 Å². The van der Waals surface area contributed by atoms with Gasteiger partial charge in [0.2, 0.25) is 0 Å². The zero-order valence-corrected chi connectivity index (χ0v) is 14.6.